The molecule has 14 heavy (non-hydrogen) atoms. The monoisotopic (exact) mass is 191 g/mol. The quantitative estimate of drug-likeness (QED) is 0.681. The average molecular weight is 191 g/mol. The number of benzene rings is 1. The van der Waals surface area contributed by atoms with Crippen LogP contribution in [0.3, 0.4) is 0 Å². The molecule has 1 aromatic carbocycles. The van der Waals surface area contributed by atoms with Gasteiger partial charge in [0.15, 0.2) is 0 Å². The molecular formula is C13H21N. The highest BCUT2D eigenvalue weighted by Gasteiger charge is 1.99. The fraction of sp³-hybridized carbons (Fsp3) is 0.538. The highest BCUT2D eigenvalue weighted by atomic mass is 14.8. The Bertz CT molecular complexity index is 255. The van der Waals surface area contributed by atoms with Crippen molar-refractivity contribution in [2.24, 2.45) is 0 Å². The molecule has 0 amide bonds. The maximum Gasteiger partial charge on any atom is 0.0205 e. The predicted octanol–water partition coefficient (Wildman–Crippen LogP) is 3.14. The Morgan fingerprint density at radius 1 is 1.07 bits per heavy atom. The van der Waals surface area contributed by atoms with E-state index in [0.717, 1.165) is 6.54 Å². The van der Waals surface area contributed by atoms with Crippen LogP contribution in [0, 0.1) is 0 Å². The number of rotatable bonds is 6. The molecule has 0 spiro atoms. The first-order chi connectivity index (χ1) is 6.88. The topological polar surface area (TPSA) is 12.0 Å². The summed E-state index contributed by atoms with van der Waals surface area (Å²) in [6, 6.07) is 8.73. The first-order valence-corrected chi connectivity index (χ1v) is 5.60. The van der Waals surface area contributed by atoms with Gasteiger partial charge in [0, 0.05) is 6.54 Å². The summed E-state index contributed by atoms with van der Waals surface area (Å²) in [5, 5.41) is 3.21. The van der Waals surface area contributed by atoms with Crippen LogP contribution < -0.4 is 5.32 Å². The molecule has 0 saturated carbocycles. The summed E-state index contributed by atoms with van der Waals surface area (Å²) in [5.74, 6) is 0. The summed E-state index contributed by atoms with van der Waals surface area (Å²) < 4.78 is 0. The molecule has 1 N–H and O–H groups in total. The molecule has 0 unspecified atom stereocenters. The molecule has 1 nitrogen and oxygen atoms in total. The molecule has 1 heteroatoms. The second-order valence-corrected chi connectivity index (χ2v) is 3.76. The largest absolute Gasteiger partial charge is 0.316 e. The Morgan fingerprint density at radius 2 is 1.79 bits per heavy atom. The summed E-state index contributed by atoms with van der Waals surface area (Å²) in [7, 11) is 2.00. The van der Waals surface area contributed by atoms with E-state index in [0.29, 0.717) is 0 Å². The molecule has 0 aromatic heterocycles. The summed E-state index contributed by atoms with van der Waals surface area (Å²) in [5.41, 5.74) is 2.96. The fourth-order valence-electron chi connectivity index (χ4n) is 1.73. The lowest BCUT2D eigenvalue weighted by Gasteiger charge is -2.08. The van der Waals surface area contributed by atoms with E-state index in [1.54, 1.807) is 0 Å². The zero-order valence-electron chi connectivity index (χ0n) is 9.34. The van der Waals surface area contributed by atoms with E-state index in [2.05, 4.69) is 36.5 Å². The van der Waals surface area contributed by atoms with Gasteiger partial charge in [0.25, 0.3) is 0 Å². The Kier molecular flexibility index (Phi) is 5.31. The number of unbranched alkanes of at least 4 members (excludes halogenated alkanes) is 2. The third-order valence-electron chi connectivity index (χ3n) is 2.54. The van der Waals surface area contributed by atoms with Crippen LogP contribution >= 0.6 is 0 Å². The van der Waals surface area contributed by atoms with Crippen LogP contribution in [0.25, 0.3) is 0 Å². The van der Waals surface area contributed by atoms with E-state index in [4.69, 9.17) is 0 Å². The van der Waals surface area contributed by atoms with Gasteiger partial charge in [0.2, 0.25) is 0 Å². The van der Waals surface area contributed by atoms with Crippen molar-refractivity contribution in [3.63, 3.8) is 0 Å². The Labute approximate surface area is 87.5 Å². The maximum atomic E-state index is 3.21. The highest BCUT2D eigenvalue weighted by molar-refractivity contribution is 5.27. The molecule has 0 heterocycles. The van der Waals surface area contributed by atoms with Crippen LogP contribution in [-0.4, -0.2) is 7.05 Å². The number of hydrogen-bond acceptors (Lipinski definition) is 1. The molecule has 78 valence electrons. The van der Waals surface area contributed by atoms with Crippen molar-refractivity contribution in [1.29, 1.82) is 0 Å². The first-order valence-electron chi connectivity index (χ1n) is 5.60. The van der Waals surface area contributed by atoms with E-state index >= 15 is 0 Å². The number of hydrogen-bond donors (Lipinski definition) is 1. The van der Waals surface area contributed by atoms with Crippen LogP contribution in [-0.2, 0) is 13.0 Å². The zero-order chi connectivity index (χ0) is 10.2. The molecular weight excluding hydrogens is 170 g/mol. The maximum absolute atomic E-state index is 3.21. The Morgan fingerprint density at radius 3 is 2.43 bits per heavy atom. The number of aryl methyl sites for hydroxylation is 1. The van der Waals surface area contributed by atoms with E-state index in [-0.39, 0.29) is 0 Å². The highest BCUT2D eigenvalue weighted by Crippen LogP contribution is 2.12. The molecule has 0 atom stereocenters. The van der Waals surface area contributed by atoms with E-state index in [1.165, 1.54) is 36.8 Å². The average Bonchev–Trinajstić information content (AvgIpc) is 2.21. The van der Waals surface area contributed by atoms with Gasteiger partial charge in [-0.05, 0) is 31.0 Å². The van der Waals surface area contributed by atoms with Crippen LogP contribution in [0.2, 0.25) is 0 Å². The molecule has 1 rings (SSSR count). The van der Waals surface area contributed by atoms with Gasteiger partial charge in [-0.25, -0.2) is 0 Å². The van der Waals surface area contributed by atoms with Crippen LogP contribution in [0.5, 0.6) is 0 Å². The van der Waals surface area contributed by atoms with Crippen molar-refractivity contribution in [2.75, 3.05) is 7.05 Å². The van der Waals surface area contributed by atoms with Gasteiger partial charge >= 0.3 is 0 Å². The van der Waals surface area contributed by atoms with Gasteiger partial charge in [-0.15, -0.1) is 0 Å². The molecule has 0 aliphatic rings. The molecule has 0 aliphatic heterocycles. The SMILES string of the molecule is CCCCCc1ccccc1CNC. The van der Waals surface area contributed by atoms with E-state index in [1.807, 2.05) is 7.05 Å². The van der Waals surface area contributed by atoms with Gasteiger partial charge < -0.3 is 5.32 Å². The minimum Gasteiger partial charge on any atom is -0.316 e. The molecule has 0 aliphatic carbocycles. The van der Waals surface area contributed by atoms with Crippen molar-refractivity contribution in [2.45, 2.75) is 39.2 Å². The minimum atomic E-state index is 0.988. The van der Waals surface area contributed by atoms with Crippen molar-refractivity contribution in [1.82, 2.24) is 5.32 Å². The van der Waals surface area contributed by atoms with E-state index in [9.17, 15) is 0 Å². The van der Waals surface area contributed by atoms with Crippen molar-refractivity contribution in [3.8, 4) is 0 Å². The lowest BCUT2D eigenvalue weighted by Crippen LogP contribution is -2.07. The first kappa shape index (κ1) is 11.3. The van der Waals surface area contributed by atoms with E-state index < -0.39 is 0 Å². The number of nitrogens with one attached hydrogen (secondary N) is 1. The molecule has 1 aromatic rings. The van der Waals surface area contributed by atoms with Crippen LogP contribution in [0.15, 0.2) is 24.3 Å². The minimum absolute atomic E-state index is 0.988. The van der Waals surface area contributed by atoms with Crippen molar-refractivity contribution < 1.29 is 0 Å². The fourth-order valence-corrected chi connectivity index (χ4v) is 1.73. The third-order valence-corrected chi connectivity index (χ3v) is 2.54. The van der Waals surface area contributed by atoms with Gasteiger partial charge in [-0.3, -0.25) is 0 Å². The summed E-state index contributed by atoms with van der Waals surface area (Å²) >= 11 is 0. The summed E-state index contributed by atoms with van der Waals surface area (Å²) in [6.45, 7) is 3.24. The van der Waals surface area contributed by atoms with Gasteiger partial charge in [0.05, 0.1) is 0 Å². The molecule has 0 saturated heterocycles. The summed E-state index contributed by atoms with van der Waals surface area (Å²) in [6.07, 6.45) is 5.19. The second kappa shape index (κ2) is 6.61. The smallest absolute Gasteiger partial charge is 0.0205 e. The van der Waals surface area contributed by atoms with Gasteiger partial charge in [-0.2, -0.15) is 0 Å². The van der Waals surface area contributed by atoms with Crippen molar-refractivity contribution >= 4 is 0 Å². The lowest BCUT2D eigenvalue weighted by atomic mass is 10.0. The summed E-state index contributed by atoms with van der Waals surface area (Å²) in [4.78, 5) is 0. The van der Waals surface area contributed by atoms with Gasteiger partial charge in [-0.1, -0.05) is 44.0 Å². The zero-order valence-corrected chi connectivity index (χ0v) is 9.34. The normalized spacial score (nSPS) is 10.4. The molecule has 0 radical (unpaired) electrons. The molecule has 0 fully saturated rings. The van der Waals surface area contributed by atoms with Gasteiger partial charge in [0.1, 0.15) is 0 Å². The Hall–Kier alpha value is -0.820. The van der Waals surface area contributed by atoms with Crippen LogP contribution in [0.1, 0.15) is 37.3 Å². The second-order valence-electron chi connectivity index (χ2n) is 3.76. The van der Waals surface area contributed by atoms with Crippen molar-refractivity contribution in [3.05, 3.63) is 35.4 Å². The lowest BCUT2D eigenvalue weighted by molar-refractivity contribution is 0.707. The Balaban J connectivity index is 2.55. The molecule has 0 bridgehead atoms. The predicted molar refractivity (Wildman–Crippen MR) is 62.4 cm³/mol. The third kappa shape index (κ3) is 3.51. The van der Waals surface area contributed by atoms with Crippen LogP contribution in [0.4, 0.5) is 0 Å². The standard InChI is InChI=1S/C13H21N/c1-3-4-5-8-12-9-6-7-10-13(12)11-14-2/h6-7,9-10,14H,3-5,8,11H2,1-2H3.